The molecule has 0 atom stereocenters. The van der Waals surface area contributed by atoms with Crippen molar-refractivity contribution in [2.24, 2.45) is 0 Å². The Morgan fingerprint density at radius 3 is 3.08 bits per heavy atom. The number of nitrogens with one attached hydrogen (secondary N) is 1. The van der Waals surface area contributed by atoms with E-state index < -0.39 is 0 Å². The molecule has 0 saturated carbocycles. The highest BCUT2D eigenvalue weighted by molar-refractivity contribution is 8.03. The summed E-state index contributed by atoms with van der Waals surface area (Å²) >= 11 is 0.925. The van der Waals surface area contributed by atoms with Gasteiger partial charge >= 0.3 is 0 Å². The van der Waals surface area contributed by atoms with E-state index in [4.69, 9.17) is 11.0 Å². The number of fused-ring (bicyclic) bond motifs is 1. The standard InChI is InChI=1S/C6H4N6S/c7-1-13-6-11-3-4(8)9-2-10-5(3)12-6/h2H,(H3,8,9,10,11,12). The second-order valence-corrected chi connectivity index (χ2v) is 2.97. The van der Waals surface area contributed by atoms with Crippen molar-refractivity contribution in [1.29, 1.82) is 5.26 Å². The normalized spacial score (nSPS) is 10.1. The number of nitrogens with two attached hydrogens (primary N) is 1. The summed E-state index contributed by atoms with van der Waals surface area (Å²) in [6.45, 7) is 0. The number of hydrogen-bond acceptors (Lipinski definition) is 6. The number of nitrogen functional groups attached to an aromatic ring is 1. The van der Waals surface area contributed by atoms with E-state index in [9.17, 15) is 0 Å². The zero-order chi connectivity index (χ0) is 9.26. The summed E-state index contributed by atoms with van der Waals surface area (Å²) in [7, 11) is 0. The van der Waals surface area contributed by atoms with Crippen LogP contribution in [0, 0.1) is 10.7 Å². The molecule has 0 aliphatic carbocycles. The zero-order valence-corrected chi connectivity index (χ0v) is 7.17. The molecule has 0 saturated heterocycles. The van der Waals surface area contributed by atoms with Crippen LogP contribution >= 0.6 is 11.8 Å². The number of imidazole rings is 1. The molecule has 0 fully saturated rings. The molecule has 0 radical (unpaired) electrons. The number of anilines is 1. The molecular formula is C6H4N6S. The summed E-state index contributed by atoms with van der Waals surface area (Å²) < 4.78 is 0. The minimum Gasteiger partial charge on any atom is -0.382 e. The van der Waals surface area contributed by atoms with Crippen LogP contribution in [-0.4, -0.2) is 19.9 Å². The molecule has 3 N–H and O–H groups in total. The lowest BCUT2D eigenvalue weighted by molar-refractivity contribution is 1.08. The second-order valence-electron chi connectivity index (χ2n) is 2.19. The lowest BCUT2D eigenvalue weighted by atomic mass is 10.5. The fourth-order valence-electron chi connectivity index (χ4n) is 0.917. The van der Waals surface area contributed by atoms with Gasteiger partial charge in [-0.05, 0) is 0 Å². The first-order chi connectivity index (χ1) is 6.31. The Kier molecular flexibility index (Phi) is 1.75. The maximum atomic E-state index is 8.40. The number of rotatable bonds is 1. The van der Waals surface area contributed by atoms with Gasteiger partial charge in [0.15, 0.2) is 16.6 Å². The average molecular weight is 192 g/mol. The van der Waals surface area contributed by atoms with Crippen molar-refractivity contribution in [3.63, 3.8) is 0 Å². The first-order valence-corrected chi connectivity index (χ1v) is 4.15. The first kappa shape index (κ1) is 7.82. The number of thioether (sulfide) groups is 1. The Labute approximate surface area is 77.2 Å². The molecule has 13 heavy (non-hydrogen) atoms. The molecule has 2 rings (SSSR count). The van der Waals surface area contributed by atoms with Crippen LogP contribution in [0.5, 0.6) is 0 Å². The second kappa shape index (κ2) is 2.91. The van der Waals surface area contributed by atoms with E-state index in [1.54, 1.807) is 0 Å². The third-order valence-electron chi connectivity index (χ3n) is 1.44. The quantitative estimate of drug-likeness (QED) is 0.503. The van der Waals surface area contributed by atoms with Gasteiger partial charge in [0.2, 0.25) is 0 Å². The topological polar surface area (TPSA) is 104 Å². The van der Waals surface area contributed by atoms with E-state index in [-0.39, 0.29) is 0 Å². The predicted octanol–water partition coefficient (Wildman–Crippen LogP) is 0.508. The van der Waals surface area contributed by atoms with Crippen LogP contribution in [0.15, 0.2) is 11.5 Å². The Bertz CT molecular complexity index is 483. The molecule has 0 aliphatic heterocycles. The Morgan fingerprint density at radius 2 is 2.38 bits per heavy atom. The minimum atomic E-state index is 0.335. The number of H-pyrrole nitrogens is 1. The monoisotopic (exact) mass is 192 g/mol. The van der Waals surface area contributed by atoms with Gasteiger partial charge in [0.1, 0.15) is 17.2 Å². The maximum Gasteiger partial charge on any atom is 0.183 e. The summed E-state index contributed by atoms with van der Waals surface area (Å²) in [5, 5.41) is 10.8. The maximum absolute atomic E-state index is 8.40. The van der Waals surface area contributed by atoms with Gasteiger partial charge < -0.3 is 10.7 Å². The van der Waals surface area contributed by atoms with Crippen molar-refractivity contribution in [2.75, 3.05) is 5.73 Å². The SMILES string of the molecule is N#CSc1nc2ncnc(N)c2[nH]1. The minimum absolute atomic E-state index is 0.335. The Morgan fingerprint density at radius 1 is 1.54 bits per heavy atom. The smallest absolute Gasteiger partial charge is 0.183 e. The highest BCUT2D eigenvalue weighted by Gasteiger charge is 2.06. The van der Waals surface area contributed by atoms with Gasteiger partial charge in [-0.3, -0.25) is 0 Å². The van der Waals surface area contributed by atoms with Crippen LogP contribution in [0.3, 0.4) is 0 Å². The van der Waals surface area contributed by atoms with E-state index in [1.807, 2.05) is 5.40 Å². The third kappa shape index (κ3) is 1.27. The fourth-order valence-corrected chi connectivity index (χ4v) is 1.29. The molecule has 2 aromatic heterocycles. The van der Waals surface area contributed by atoms with Crippen LogP contribution < -0.4 is 5.73 Å². The van der Waals surface area contributed by atoms with Gasteiger partial charge in [0, 0.05) is 11.8 Å². The van der Waals surface area contributed by atoms with E-state index in [2.05, 4.69) is 19.9 Å². The van der Waals surface area contributed by atoms with Crippen molar-refractivity contribution in [3.8, 4) is 5.40 Å². The lowest BCUT2D eigenvalue weighted by Gasteiger charge is -1.89. The van der Waals surface area contributed by atoms with Gasteiger partial charge in [-0.2, -0.15) is 5.26 Å². The van der Waals surface area contributed by atoms with Gasteiger partial charge in [-0.1, -0.05) is 0 Å². The lowest BCUT2D eigenvalue weighted by Crippen LogP contribution is -1.91. The van der Waals surface area contributed by atoms with Gasteiger partial charge in [-0.15, -0.1) is 0 Å². The van der Waals surface area contributed by atoms with Gasteiger partial charge in [-0.25, -0.2) is 15.0 Å². The molecule has 64 valence electrons. The van der Waals surface area contributed by atoms with Crippen molar-refractivity contribution < 1.29 is 0 Å². The van der Waals surface area contributed by atoms with Gasteiger partial charge in [0.25, 0.3) is 0 Å². The number of thiocyanates is 1. The summed E-state index contributed by atoms with van der Waals surface area (Å²) in [4.78, 5) is 14.5. The van der Waals surface area contributed by atoms with Crippen molar-refractivity contribution in [2.45, 2.75) is 5.16 Å². The number of nitriles is 1. The number of aromatic nitrogens is 4. The largest absolute Gasteiger partial charge is 0.382 e. The van der Waals surface area contributed by atoms with E-state index in [0.717, 1.165) is 11.8 Å². The van der Waals surface area contributed by atoms with Gasteiger partial charge in [0.05, 0.1) is 0 Å². The number of hydrogen-bond donors (Lipinski definition) is 2. The highest BCUT2D eigenvalue weighted by Crippen LogP contribution is 2.19. The molecule has 0 aromatic carbocycles. The molecule has 0 unspecified atom stereocenters. The van der Waals surface area contributed by atoms with Crippen molar-refractivity contribution in [1.82, 2.24) is 19.9 Å². The first-order valence-electron chi connectivity index (χ1n) is 3.33. The van der Waals surface area contributed by atoms with E-state index in [1.165, 1.54) is 6.33 Å². The summed E-state index contributed by atoms with van der Waals surface area (Å²) in [6, 6.07) is 0. The average Bonchev–Trinajstić information content (AvgIpc) is 2.49. The molecular weight excluding hydrogens is 188 g/mol. The third-order valence-corrected chi connectivity index (χ3v) is 1.92. The van der Waals surface area contributed by atoms with Crippen LogP contribution in [0.1, 0.15) is 0 Å². The molecule has 0 aliphatic rings. The van der Waals surface area contributed by atoms with Crippen molar-refractivity contribution in [3.05, 3.63) is 6.33 Å². The molecule has 0 amide bonds. The van der Waals surface area contributed by atoms with Crippen LogP contribution in [0.2, 0.25) is 0 Å². The highest BCUT2D eigenvalue weighted by atomic mass is 32.2. The van der Waals surface area contributed by atoms with E-state index >= 15 is 0 Å². The number of nitrogens with zero attached hydrogens (tertiary/aromatic N) is 4. The zero-order valence-electron chi connectivity index (χ0n) is 6.35. The molecule has 6 nitrogen and oxygen atoms in total. The Hall–Kier alpha value is -1.81. The summed E-state index contributed by atoms with van der Waals surface area (Å²) in [5.41, 5.74) is 6.60. The Balaban J connectivity index is 2.63. The predicted molar refractivity (Wildman–Crippen MR) is 47.6 cm³/mol. The molecule has 0 spiro atoms. The van der Waals surface area contributed by atoms with Crippen LogP contribution in [0.4, 0.5) is 5.82 Å². The van der Waals surface area contributed by atoms with Crippen LogP contribution in [-0.2, 0) is 0 Å². The molecule has 2 aromatic rings. The van der Waals surface area contributed by atoms with E-state index in [0.29, 0.717) is 22.1 Å². The molecule has 0 bridgehead atoms. The van der Waals surface area contributed by atoms with Crippen LogP contribution in [0.25, 0.3) is 11.2 Å². The fraction of sp³-hybridized carbons (Fsp3) is 0. The summed E-state index contributed by atoms with van der Waals surface area (Å²) in [6.07, 6.45) is 1.33. The summed E-state index contributed by atoms with van der Waals surface area (Å²) in [5.74, 6) is 0.335. The molecule has 7 heteroatoms. The van der Waals surface area contributed by atoms with Crippen molar-refractivity contribution >= 4 is 28.7 Å². The number of aromatic amines is 1. The molecule has 2 heterocycles.